The van der Waals surface area contributed by atoms with Gasteiger partial charge in [0.1, 0.15) is 30.3 Å². The topological polar surface area (TPSA) is 107 Å². The molecule has 2 heterocycles. The van der Waals surface area contributed by atoms with Crippen LogP contribution in [0.4, 0.5) is 4.79 Å². The van der Waals surface area contributed by atoms with Gasteiger partial charge in [-0.3, -0.25) is 19.8 Å². The zero-order valence-electron chi connectivity index (χ0n) is 20.2. The number of nitrogens with zero attached hydrogens (tertiary/aromatic N) is 1. The van der Waals surface area contributed by atoms with Gasteiger partial charge in [-0.25, -0.2) is 4.79 Å². The molecule has 0 aliphatic carbocycles. The average molecular weight is 491 g/mol. The lowest BCUT2D eigenvalue weighted by Gasteiger charge is -2.25. The van der Waals surface area contributed by atoms with Gasteiger partial charge in [-0.05, 0) is 60.9 Å². The molecule has 2 aromatic carbocycles. The maximum absolute atomic E-state index is 12.9. The van der Waals surface area contributed by atoms with Crippen molar-refractivity contribution in [2.24, 2.45) is 0 Å². The number of nitrogens with one attached hydrogen (secondary N) is 1. The van der Waals surface area contributed by atoms with Crippen LogP contribution in [0.25, 0.3) is 6.08 Å². The fraction of sp³-hybridized carbons (Fsp3) is 0.222. The number of ether oxygens (including phenoxy) is 3. The summed E-state index contributed by atoms with van der Waals surface area (Å²) in [7, 11) is 1.49. The maximum Gasteiger partial charge on any atom is 0.331 e. The van der Waals surface area contributed by atoms with Gasteiger partial charge in [0, 0.05) is 0 Å². The van der Waals surface area contributed by atoms with Gasteiger partial charge in [-0.2, -0.15) is 0 Å². The standard InChI is InChI=1S/C27H26N2O7/c1-17-6-4-7-18(2)24(17)36-13-12-35-22-10-9-19(15-23(22)33-3)14-21-25(30)28-27(32)29(26(21)31)16-20-8-5-11-34-20/h4-11,14-15H,12-13,16H2,1-3H3,(H,28,30,32). The van der Waals surface area contributed by atoms with Crippen molar-refractivity contribution in [3.63, 3.8) is 0 Å². The van der Waals surface area contributed by atoms with Gasteiger partial charge >= 0.3 is 6.03 Å². The highest BCUT2D eigenvalue weighted by Gasteiger charge is 2.36. The molecule has 1 aromatic heterocycles. The van der Waals surface area contributed by atoms with Crippen LogP contribution in [0.3, 0.4) is 0 Å². The lowest BCUT2D eigenvalue weighted by Crippen LogP contribution is -2.53. The molecule has 0 saturated carbocycles. The van der Waals surface area contributed by atoms with Gasteiger partial charge in [0.15, 0.2) is 11.5 Å². The molecule has 1 aliphatic heterocycles. The van der Waals surface area contributed by atoms with Crippen LogP contribution in [0.2, 0.25) is 0 Å². The summed E-state index contributed by atoms with van der Waals surface area (Å²) < 4.78 is 22.3. The van der Waals surface area contributed by atoms with Crippen molar-refractivity contribution in [1.82, 2.24) is 10.2 Å². The summed E-state index contributed by atoms with van der Waals surface area (Å²) in [4.78, 5) is 38.4. The van der Waals surface area contributed by atoms with Crippen LogP contribution in [0, 0.1) is 13.8 Å². The Morgan fingerprint density at radius 3 is 2.39 bits per heavy atom. The van der Waals surface area contributed by atoms with Gasteiger partial charge < -0.3 is 18.6 Å². The zero-order valence-corrected chi connectivity index (χ0v) is 20.2. The normalized spacial score (nSPS) is 14.7. The monoisotopic (exact) mass is 490 g/mol. The number of benzene rings is 2. The van der Waals surface area contributed by atoms with E-state index in [-0.39, 0.29) is 18.7 Å². The van der Waals surface area contributed by atoms with E-state index in [4.69, 9.17) is 18.6 Å². The Kier molecular flexibility index (Phi) is 7.39. The van der Waals surface area contributed by atoms with Crippen LogP contribution in [-0.4, -0.2) is 43.1 Å². The van der Waals surface area contributed by atoms with E-state index in [1.54, 1.807) is 30.3 Å². The third-order valence-electron chi connectivity index (χ3n) is 5.57. The molecule has 36 heavy (non-hydrogen) atoms. The van der Waals surface area contributed by atoms with E-state index in [0.717, 1.165) is 21.8 Å². The van der Waals surface area contributed by atoms with Crippen molar-refractivity contribution in [2.45, 2.75) is 20.4 Å². The number of amides is 4. The number of rotatable bonds is 9. The maximum atomic E-state index is 12.9. The van der Waals surface area contributed by atoms with Crippen molar-refractivity contribution in [3.8, 4) is 17.2 Å². The number of carbonyl (C=O) groups is 3. The summed E-state index contributed by atoms with van der Waals surface area (Å²) in [6.07, 6.45) is 2.84. The Hall–Kier alpha value is -4.53. The van der Waals surface area contributed by atoms with E-state index in [2.05, 4.69) is 5.32 Å². The Morgan fingerprint density at radius 1 is 0.944 bits per heavy atom. The second-order valence-electron chi connectivity index (χ2n) is 8.12. The number of methoxy groups -OCH3 is 1. The van der Waals surface area contributed by atoms with Crippen LogP contribution >= 0.6 is 0 Å². The first-order valence-corrected chi connectivity index (χ1v) is 11.3. The second kappa shape index (κ2) is 10.8. The fourth-order valence-corrected chi connectivity index (χ4v) is 3.78. The highest BCUT2D eigenvalue weighted by Crippen LogP contribution is 2.30. The van der Waals surface area contributed by atoms with E-state index in [9.17, 15) is 14.4 Å². The predicted octanol–water partition coefficient (Wildman–Crippen LogP) is 4.02. The number of carbonyl (C=O) groups excluding carboxylic acids is 3. The number of barbiturate groups is 1. The van der Waals surface area contributed by atoms with E-state index in [1.165, 1.54) is 19.4 Å². The van der Waals surface area contributed by atoms with Crippen LogP contribution in [0.1, 0.15) is 22.5 Å². The van der Waals surface area contributed by atoms with Crippen LogP contribution < -0.4 is 19.5 Å². The molecule has 9 heteroatoms. The molecule has 0 bridgehead atoms. The van der Waals surface area contributed by atoms with E-state index >= 15 is 0 Å². The highest BCUT2D eigenvalue weighted by molar-refractivity contribution is 6.30. The van der Waals surface area contributed by atoms with Crippen molar-refractivity contribution >= 4 is 23.9 Å². The zero-order chi connectivity index (χ0) is 25.7. The lowest BCUT2D eigenvalue weighted by molar-refractivity contribution is -0.130. The van der Waals surface area contributed by atoms with Gasteiger partial charge in [0.2, 0.25) is 0 Å². The molecule has 1 fully saturated rings. The predicted molar refractivity (Wildman–Crippen MR) is 131 cm³/mol. The average Bonchev–Trinajstić information content (AvgIpc) is 3.37. The molecule has 9 nitrogen and oxygen atoms in total. The summed E-state index contributed by atoms with van der Waals surface area (Å²) in [6.45, 7) is 4.51. The molecule has 0 spiro atoms. The molecule has 4 rings (SSSR count). The number of hydrogen-bond acceptors (Lipinski definition) is 7. The molecule has 1 saturated heterocycles. The fourth-order valence-electron chi connectivity index (χ4n) is 3.78. The first-order valence-electron chi connectivity index (χ1n) is 11.3. The van der Waals surface area contributed by atoms with E-state index in [0.29, 0.717) is 29.4 Å². The Bertz CT molecular complexity index is 1290. The first-order chi connectivity index (χ1) is 17.4. The molecule has 186 valence electrons. The Morgan fingerprint density at radius 2 is 1.69 bits per heavy atom. The number of urea groups is 1. The second-order valence-corrected chi connectivity index (χ2v) is 8.12. The molecular weight excluding hydrogens is 464 g/mol. The van der Waals surface area contributed by atoms with Crippen LogP contribution in [0.5, 0.6) is 17.2 Å². The minimum absolute atomic E-state index is 0.0948. The first kappa shape index (κ1) is 24.6. The molecule has 4 amide bonds. The molecule has 3 aromatic rings. The summed E-state index contributed by atoms with van der Waals surface area (Å²) in [5, 5.41) is 2.19. The summed E-state index contributed by atoms with van der Waals surface area (Å²) >= 11 is 0. The van der Waals surface area contributed by atoms with E-state index < -0.39 is 17.8 Å². The molecule has 0 unspecified atom stereocenters. The number of hydrogen-bond donors (Lipinski definition) is 1. The minimum atomic E-state index is -0.803. The van der Waals surface area contributed by atoms with Gasteiger partial charge in [-0.15, -0.1) is 0 Å². The number of furan rings is 1. The third-order valence-corrected chi connectivity index (χ3v) is 5.57. The van der Waals surface area contributed by atoms with Crippen LogP contribution in [-0.2, 0) is 16.1 Å². The number of para-hydroxylation sites is 1. The molecular formula is C27H26N2O7. The van der Waals surface area contributed by atoms with Gasteiger partial charge in [-0.1, -0.05) is 24.3 Å². The van der Waals surface area contributed by atoms with Crippen molar-refractivity contribution < 1.29 is 33.0 Å². The van der Waals surface area contributed by atoms with Gasteiger partial charge in [0.05, 0.1) is 19.9 Å². The Balaban J connectivity index is 1.45. The SMILES string of the molecule is COc1cc(C=C2C(=O)NC(=O)N(Cc3ccco3)C2=O)ccc1OCCOc1c(C)cccc1C. The quantitative estimate of drug-likeness (QED) is 0.274. The summed E-state index contributed by atoms with van der Waals surface area (Å²) in [5.41, 5.74) is 2.45. The van der Waals surface area contributed by atoms with Crippen LogP contribution in [0.15, 0.2) is 64.8 Å². The van der Waals surface area contributed by atoms with E-state index in [1.807, 2.05) is 32.0 Å². The largest absolute Gasteiger partial charge is 0.493 e. The number of imide groups is 2. The van der Waals surface area contributed by atoms with Crippen molar-refractivity contribution in [2.75, 3.05) is 20.3 Å². The summed E-state index contributed by atoms with van der Waals surface area (Å²) in [5.74, 6) is 0.663. The summed E-state index contributed by atoms with van der Waals surface area (Å²) in [6, 6.07) is 13.4. The lowest BCUT2D eigenvalue weighted by atomic mass is 10.1. The minimum Gasteiger partial charge on any atom is -0.493 e. The van der Waals surface area contributed by atoms with Crippen molar-refractivity contribution in [3.05, 3.63) is 82.8 Å². The number of aryl methyl sites for hydroxylation is 2. The van der Waals surface area contributed by atoms with Crippen molar-refractivity contribution in [1.29, 1.82) is 0 Å². The molecule has 1 N–H and O–H groups in total. The molecule has 0 radical (unpaired) electrons. The molecule has 0 atom stereocenters. The molecule has 1 aliphatic rings. The van der Waals surface area contributed by atoms with Gasteiger partial charge in [0.25, 0.3) is 11.8 Å². The Labute approximate surface area is 208 Å². The third kappa shape index (κ3) is 5.41. The highest BCUT2D eigenvalue weighted by atomic mass is 16.5. The smallest absolute Gasteiger partial charge is 0.331 e.